The molecule has 17 heteroatoms. The zero-order valence-electron chi connectivity index (χ0n) is 30.3. The molecule has 0 amide bonds. The number of rotatable bonds is 7. The molecular formula is C37H42Cl2F2N10O2S. The van der Waals surface area contributed by atoms with Crippen molar-refractivity contribution in [2.24, 2.45) is 0 Å². The van der Waals surface area contributed by atoms with Gasteiger partial charge in [-0.25, -0.2) is 8.78 Å². The second kappa shape index (κ2) is 14.8. The van der Waals surface area contributed by atoms with E-state index in [4.69, 9.17) is 5.10 Å². The minimum Gasteiger partial charge on any atom is -0.367 e. The average Bonchev–Trinajstić information content (AvgIpc) is 3.80. The van der Waals surface area contributed by atoms with Crippen LogP contribution in [0.2, 0.25) is 0 Å². The van der Waals surface area contributed by atoms with Crippen LogP contribution in [-0.4, -0.2) is 105 Å². The number of pyridine rings is 2. The maximum absolute atomic E-state index is 15.8. The molecule has 2 aliphatic heterocycles. The van der Waals surface area contributed by atoms with Crippen molar-refractivity contribution in [1.82, 2.24) is 38.7 Å². The van der Waals surface area contributed by atoms with Crippen molar-refractivity contribution >= 4 is 74.3 Å². The normalized spacial score (nSPS) is 17.1. The molecular weight excluding hydrogens is 757 g/mol. The van der Waals surface area contributed by atoms with E-state index < -0.39 is 11.6 Å². The van der Waals surface area contributed by atoms with E-state index in [0.717, 1.165) is 58.7 Å². The maximum atomic E-state index is 15.8. The highest BCUT2D eigenvalue weighted by atomic mass is 35.5. The van der Waals surface area contributed by atoms with Crippen molar-refractivity contribution in [3.05, 3.63) is 68.7 Å². The van der Waals surface area contributed by atoms with Gasteiger partial charge >= 0.3 is 0 Å². The highest BCUT2D eigenvalue weighted by Gasteiger charge is 2.30. The predicted octanol–water partition coefficient (Wildman–Crippen LogP) is 5.52. The van der Waals surface area contributed by atoms with E-state index >= 15 is 8.78 Å². The van der Waals surface area contributed by atoms with Gasteiger partial charge in [-0.15, -0.1) is 35.0 Å². The molecule has 12 nitrogen and oxygen atoms in total. The first-order valence-electron chi connectivity index (χ1n) is 18.1. The second-order valence-electron chi connectivity index (χ2n) is 14.1. The summed E-state index contributed by atoms with van der Waals surface area (Å²) in [6.45, 7) is 11.9. The molecule has 3 aliphatic rings. The molecule has 0 unspecified atom stereocenters. The van der Waals surface area contributed by atoms with Crippen LogP contribution >= 0.6 is 36.2 Å². The first-order valence-corrected chi connectivity index (χ1v) is 18.9. The van der Waals surface area contributed by atoms with Gasteiger partial charge in [-0.2, -0.15) is 9.61 Å². The van der Waals surface area contributed by atoms with Gasteiger partial charge in [-0.3, -0.25) is 9.59 Å². The molecule has 0 spiro atoms. The zero-order valence-corrected chi connectivity index (χ0v) is 32.7. The predicted molar refractivity (Wildman–Crippen MR) is 215 cm³/mol. The van der Waals surface area contributed by atoms with Gasteiger partial charge in [-0.05, 0) is 57.6 Å². The van der Waals surface area contributed by atoms with Crippen LogP contribution in [0.5, 0.6) is 0 Å². The van der Waals surface area contributed by atoms with Crippen molar-refractivity contribution < 1.29 is 8.78 Å². The number of nitrogens with zero attached hydrogens (tertiary/aromatic N) is 10. The Balaban J connectivity index is 0.00000225. The molecule has 2 saturated heterocycles. The van der Waals surface area contributed by atoms with Gasteiger partial charge in [0, 0.05) is 88.1 Å². The quantitative estimate of drug-likeness (QED) is 0.207. The molecule has 0 bridgehead atoms. The van der Waals surface area contributed by atoms with E-state index in [0.29, 0.717) is 57.6 Å². The van der Waals surface area contributed by atoms with Crippen molar-refractivity contribution in [3.8, 4) is 22.0 Å². The lowest BCUT2D eigenvalue weighted by Crippen LogP contribution is -2.46. The lowest BCUT2D eigenvalue weighted by Gasteiger charge is -2.35. The zero-order chi connectivity index (χ0) is 35.8. The Kier molecular flexibility index (Phi) is 10.5. The van der Waals surface area contributed by atoms with Crippen LogP contribution in [0, 0.1) is 11.6 Å². The van der Waals surface area contributed by atoms with E-state index in [1.165, 1.54) is 28.0 Å². The Morgan fingerprint density at radius 1 is 0.741 bits per heavy atom. The van der Waals surface area contributed by atoms with Crippen molar-refractivity contribution in [1.29, 1.82) is 0 Å². The third-order valence-electron chi connectivity index (χ3n) is 11.0. The molecule has 6 heterocycles. The fourth-order valence-electron chi connectivity index (χ4n) is 7.72. The minimum atomic E-state index is -0.430. The fourth-order valence-corrected chi connectivity index (χ4v) is 8.56. The number of aryl methyl sites for hydroxylation is 1. The van der Waals surface area contributed by atoms with Gasteiger partial charge in [0.25, 0.3) is 0 Å². The van der Waals surface area contributed by atoms with Gasteiger partial charge in [0.15, 0.2) is 16.3 Å². The van der Waals surface area contributed by atoms with Crippen molar-refractivity contribution in [2.45, 2.75) is 39.3 Å². The first kappa shape index (κ1) is 38.1. The highest BCUT2D eigenvalue weighted by molar-refractivity contribution is 7.19. The number of hydrogen-bond donors (Lipinski definition) is 0. The van der Waals surface area contributed by atoms with Crippen LogP contribution in [0.15, 0.2) is 46.2 Å². The molecule has 54 heavy (non-hydrogen) atoms. The second-order valence-corrected chi connectivity index (χ2v) is 15.1. The first-order chi connectivity index (χ1) is 25.2. The van der Waals surface area contributed by atoms with Gasteiger partial charge < -0.3 is 28.7 Å². The molecule has 0 N–H and O–H groups in total. The average molecular weight is 800 g/mol. The number of benzene rings is 2. The molecule has 0 radical (unpaired) electrons. The number of hydrogen-bond acceptors (Lipinski definition) is 10. The Morgan fingerprint density at radius 3 is 1.94 bits per heavy atom. The number of fused-ring (bicyclic) bond motifs is 3. The van der Waals surface area contributed by atoms with Gasteiger partial charge in [0.2, 0.25) is 10.4 Å². The van der Waals surface area contributed by atoms with E-state index in [-0.39, 0.29) is 63.9 Å². The van der Waals surface area contributed by atoms with Crippen LogP contribution in [-0.2, 0) is 6.54 Å². The maximum Gasteiger partial charge on any atom is 0.235 e. The van der Waals surface area contributed by atoms with Crippen LogP contribution < -0.4 is 20.7 Å². The summed E-state index contributed by atoms with van der Waals surface area (Å²) in [4.78, 5) is 37.2. The summed E-state index contributed by atoms with van der Waals surface area (Å²) in [5, 5.41) is 14.4. The van der Waals surface area contributed by atoms with E-state index in [1.54, 1.807) is 18.5 Å². The minimum absolute atomic E-state index is 0. The number of piperazine rings is 2. The molecule has 9 rings (SSSR count). The third-order valence-corrected chi connectivity index (χ3v) is 11.9. The molecule has 286 valence electrons. The van der Waals surface area contributed by atoms with Crippen LogP contribution in [0.25, 0.3) is 48.7 Å². The molecule has 3 fully saturated rings. The monoisotopic (exact) mass is 798 g/mol. The molecule has 6 aromatic rings. The summed E-state index contributed by atoms with van der Waals surface area (Å²) in [5.74, 6) is -0.634. The Hall–Kier alpha value is -4.15. The van der Waals surface area contributed by atoms with E-state index in [1.807, 2.05) is 22.5 Å². The fraction of sp³-hybridized carbons (Fsp3) is 0.432. The Labute approximate surface area is 326 Å². The standard InChI is InChI=1S/C37H40F2N10O2S.2ClH/c1-4-44-10-14-47(15-11-44)32-19-30-24(17-28(32)39)33(50)25(21-48(30)22-6-7-22)35-40-41-37-49(35)42-36(52-37)26-20-45(5-2)29-18-31(27(38)16-23(29)34(26)51)46-12-8-43(3)9-13-46;;/h16-22H,4-15H2,1-3H3;2*1H. The smallest absolute Gasteiger partial charge is 0.235 e. The molecule has 2 aromatic carbocycles. The summed E-state index contributed by atoms with van der Waals surface area (Å²) in [6.07, 6.45) is 5.48. The lowest BCUT2D eigenvalue weighted by molar-refractivity contribution is 0.270. The van der Waals surface area contributed by atoms with Gasteiger partial charge in [-0.1, -0.05) is 18.3 Å². The highest BCUT2D eigenvalue weighted by Crippen LogP contribution is 2.39. The summed E-state index contributed by atoms with van der Waals surface area (Å²) < 4.78 is 36.9. The molecule has 0 atom stereocenters. The van der Waals surface area contributed by atoms with Crippen LogP contribution in [0.4, 0.5) is 20.2 Å². The topological polar surface area (TPSA) is 100 Å². The van der Waals surface area contributed by atoms with E-state index in [2.05, 4.69) is 43.4 Å². The van der Waals surface area contributed by atoms with Crippen LogP contribution in [0.3, 0.4) is 0 Å². The third kappa shape index (κ3) is 6.43. The van der Waals surface area contributed by atoms with Crippen molar-refractivity contribution in [3.63, 3.8) is 0 Å². The van der Waals surface area contributed by atoms with E-state index in [9.17, 15) is 9.59 Å². The van der Waals surface area contributed by atoms with Crippen molar-refractivity contribution in [2.75, 3.05) is 75.8 Å². The summed E-state index contributed by atoms with van der Waals surface area (Å²) >= 11 is 1.17. The number of aromatic nitrogens is 6. The summed E-state index contributed by atoms with van der Waals surface area (Å²) in [5.41, 5.74) is 2.25. The van der Waals surface area contributed by atoms with Gasteiger partial charge in [0.1, 0.15) is 11.6 Å². The number of anilines is 2. The van der Waals surface area contributed by atoms with Gasteiger partial charge in [0.05, 0.1) is 33.5 Å². The van der Waals surface area contributed by atoms with Crippen LogP contribution in [0.1, 0.15) is 32.7 Å². The number of likely N-dealkylation sites (N-methyl/N-ethyl adjacent to an activating group) is 2. The molecule has 4 aromatic heterocycles. The SMILES string of the molecule is CCN1CCN(c2cc3c(cc2F)c(=O)c(-c2nnc4sc(-c5cn(CC)c6cc(N7CCN(C)CC7)c(F)cc6c5=O)nn24)cn3C2CC2)CC1.Cl.Cl. The Morgan fingerprint density at radius 2 is 1.33 bits per heavy atom. The number of halogens is 4. The molecule has 1 saturated carbocycles. The summed E-state index contributed by atoms with van der Waals surface area (Å²) in [7, 11) is 2.05. The molecule has 1 aliphatic carbocycles. The Bertz CT molecular complexity index is 2500. The lowest BCUT2D eigenvalue weighted by atomic mass is 10.1. The largest absolute Gasteiger partial charge is 0.367 e. The summed E-state index contributed by atoms with van der Waals surface area (Å²) in [6, 6.07) is 6.50.